The maximum atomic E-state index is 13.8. The third-order valence-corrected chi connectivity index (χ3v) is 6.72. The van der Waals surface area contributed by atoms with Gasteiger partial charge in [-0.3, -0.25) is 0 Å². The van der Waals surface area contributed by atoms with Crippen molar-refractivity contribution >= 4 is 0 Å². The summed E-state index contributed by atoms with van der Waals surface area (Å²) in [6, 6.07) is 14.3. The fraction of sp³-hybridized carbons (Fsp3) is 0.520. The van der Waals surface area contributed by atoms with E-state index in [4.69, 9.17) is 4.74 Å². The zero-order valence-electron chi connectivity index (χ0n) is 16.6. The van der Waals surface area contributed by atoms with Gasteiger partial charge in [-0.1, -0.05) is 43.3 Å². The highest BCUT2D eigenvalue weighted by atomic mass is 19.1. The first-order valence-corrected chi connectivity index (χ1v) is 10.6. The van der Waals surface area contributed by atoms with Gasteiger partial charge in [0.15, 0.2) is 0 Å². The molecule has 0 amide bonds. The molecule has 2 atom stereocenters. The molecule has 2 unspecified atom stereocenters. The maximum absolute atomic E-state index is 13.8. The van der Waals surface area contributed by atoms with Crippen molar-refractivity contribution in [1.29, 1.82) is 0 Å². The number of hydrogen-bond acceptors (Lipinski definition) is 1. The topological polar surface area (TPSA) is 9.23 Å². The molecule has 2 aromatic rings. The van der Waals surface area contributed by atoms with Crippen molar-refractivity contribution in [3.63, 3.8) is 0 Å². The van der Waals surface area contributed by atoms with Crippen LogP contribution in [0.3, 0.4) is 0 Å². The van der Waals surface area contributed by atoms with Crippen LogP contribution >= 0.6 is 0 Å². The van der Waals surface area contributed by atoms with Gasteiger partial charge in [-0.25, -0.2) is 4.39 Å². The molecule has 1 heterocycles. The van der Waals surface area contributed by atoms with Crippen LogP contribution in [-0.4, -0.2) is 12.7 Å². The third kappa shape index (κ3) is 4.27. The van der Waals surface area contributed by atoms with Crippen LogP contribution in [0.15, 0.2) is 42.5 Å². The smallest absolute Gasteiger partial charge is 0.126 e. The first kappa shape index (κ1) is 18.7. The van der Waals surface area contributed by atoms with Gasteiger partial charge in [0.05, 0.1) is 6.10 Å². The normalized spacial score (nSPS) is 28.9. The third-order valence-electron chi connectivity index (χ3n) is 6.72. The van der Waals surface area contributed by atoms with E-state index in [0.717, 1.165) is 29.6 Å². The first-order chi connectivity index (χ1) is 13.1. The molecule has 27 heavy (non-hydrogen) atoms. The van der Waals surface area contributed by atoms with E-state index >= 15 is 0 Å². The fourth-order valence-electron chi connectivity index (χ4n) is 4.82. The Morgan fingerprint density at radius 3 is 2.19 bits per heavy atom. The quantitative estimate of drug-likeness (QED) is 0.574. The highest BCUT2D eigenvalue weighted by Gasteiger charge is 2.31. The Labute approximate surface area is 163 Å². The average Bonchev–Trinajstić information content (AvgIpc) is 2.71. The molecule has 144 valence electrons. The van der Waals surface area contributed by atoms with E-state index in [1.165, 1.54) is 44.1 Å². The lowest BCUT2D eigenvalue weighted by Crippen LogP contribution is -2.33. The maximum Gasteiger partial charge on any atom is 0.126 e. The minimum Gasteiger partial charge on any atom is -0.378 e. The van der Waals surface area contributed by atoms with Crippen LogP contribution in [0, 0.1) is 24.6 Å². The lowest BCUT2D eigenvalue weighted by Gasteiger charge is -2.37. The van der Waals surface area contributed by atoms with E-state index in [2.05, 4.69) is 31.2 Å². The van der Waals surface area contributed by atoms with Gasteiger partial charge in [0.25, 0.3) is 0 Å². The van der Waals surface area contributed by atoms with Gasteiger partial charge in [0, 0.05) is 6.61 Å². The van der Waals surface area contributed by atoms with Crippen molar-refractivity contribution in [2.24, 2.45) is 11.8 Å². The second kappa shape index (κ2) is 8.14. The van der Waals surface area contributed by atoms with Gasteiger partial charge in [-0.15, -0.1) is 0 Å². The highest BCUT2D eigenvalue weighted by Crippen LogP contribution is 2.40. The highest BCUT2D eigenvalue weighted by molar-refractivity contribution is 5.64. The zero-order chi connectivity index (χ0) is 18.8. The first-order valence-electron chi connectivity index (χ1n) is 10.6. The molecule has 1 aliphatic heterocycles. The number of benzene rings is 2. The summed E-state index contributed by atoms with van der Waals surface area (Å²) in [5, 5.41) is 0. The Balaban J connectivity index is 1.36. The Hall–Kier alpha value is -1.67. The van der Waals surface area contributed by atoms with Gasteiger partial charge in [0.1, 0.15) is 5.82 Å². The monoisotopic (exact) mass is 366 g/mol. The number of halogens is 1. The molecular weight excluding hydrogens is 335 g/mol. The van der Waals surface area contributed by atoms with Gasteiger partial charge < -0.3 is 4.74 Å². The van der Waals surface area contributed by atoms with Crippen molar-refractivity contribution in [3.8, 4) is 11.1 Å². The molecule has 1 nitrogen and oxygen atoms in total. The van der Waals surface area contributed by atoms with E-state index in [9.17, 15) is 4.39 Å². The molecule has 1 saturated carbocycles. The zero-order valence-corrected chi connectivity index (χ0v) is 16.6. The lowest BCUT2D eigenvalue weighted by molar-refractivity contribution is -0.0523. The molecule has 2 aliphatic rings. The van der Waals surface area contributed by atoms with Crippen LogP contribution in [0.1, 0.15) is 62.5 Å². The number of hydrogen-bond donors (Lipinski definition) is 0. The van der Waals surface area contributed by atoms with E-state index in [0.29, 0.717) is 17.6 Å². The summed E-state index contributed by atoms with van der Waals surface area (Å²) in [7, 11) is 0. The van der Waals surface area contributed by atoms with Crippen LogP contribution in [-0.2, 0) is 4.74 Å². The van der Waals surface area contributed by atoms with Crippen molar-refractivity contribution in [2.45, 2.75) is 64.4 Å². The van der Waals surface area contributed by atoms with Gasteiger partial charge in [-0.05, 0) is 91.5 Å². The van der Waals surface area contributed by atoms with Crippen molar-refractivity contribution in [3.05, 3.63) is 59.4 Å². The lowest BCUT2D eigenvalue weighted by atomic mass is 9.75. The molecule has 0 bridgehead atoms. The molecule has 2 aromatic carbocycles. The van der Waals surface area contributed by atoms with Crippen LogP contribution in [0.2, 0.25) is 0 Å². The Kier molecular flexibility index (Phi) is 5.63. The molecule has 2 heteroatoms. The summed E-state index contributed by atoms with van der Waals surface area (Å²) in [6.07, 6.45) is 8.17. The average molecular weight is 367 g/mol. The van der Waals surface area contributed by atoms with Gasteiger partial charge in [0.2, 0.25) is 0 Å². The fourth-order valence-corrected chi connectivity index (χ4v) is 4.82. The summed E-state index contributed by atoms with van der Waals surface area (Å²) in [6.45, 7) is 5.05. The predicted octanol–water partition coefficient (Wildman–Crippen LogP) is 6.89. The molecule has 0 N–H and O–H groups in total. The van der Waals surface area contributed by atoms with Gasteiger partial charge >= 0.3 is 0 Å². The van der Waals surface area contributed by atoms with Crippen LogP contribution in [0.5, 0.6) is 0 Å². The Bertz CT molecular complexity index is 750. The predicted molar refractivity (Wildman–Crippen MR) is 109 cm³/mol. The number of rotatable bonds is 3. The number of ether oxygens (including phenoxy) is 1. The Morgan fingerprint density at radius 2 is 1.56 bits per heavy atom. The second-order valence-electron chi connectivity index (χ2n) is 8.75. The standard InChI is InChI=1S/C25H31FO/c1-17-3-14-25(27-16-17)22-12-10-20(11-13-22)19-6-8-21(9-7-19)23-5-4-18(2)24(26)15-23/h4-9,15,17,20,22,25H,3,10-14,16H2,1-2H3. The molecule has 2 fully saturated rings. The minimum atomic E-state index is -0.130. The van der Waals surface area contributed by atoms with Gasteiger partial charge in [-0.2, -0.15) is 0 Å². The Morgan fingerprint density at radius 1 is 0.852 bits per heavy atom. The van der Waals surface area contributed by atoms with Crippen molar-refractivity contribution < 1.29 is 9.13 Å². The number of aryl methyl sites for hydroxylation is 1. The molecule has 4 rings (SSSR count). The molecule has 0 spiro atoms. The second-order valence-corrected chi connectivity index (χ2v) is 8.75. The summed E-state index contributed by atoms with van der Waals surface area (Å²) in [4.78, 5) is 0. The van der Waals surface area contributed by atoms with E-state index in [-0.39, 0.29) is 5.82 Å². The molecule has 1 aliphatic carbocycles. The largest absolute Gasteiger partial charge is 0.378 e. The molecule has 0 aromatic heterocycles. The molecule has 0 radical (unpaired) electrons. The van der Waals surface area contributed by atoms with E-state index < -0.39 is 0 Å². The summed E-state index contributed by atoms with van der Waals surface area (Å²) in [5.41, 5.74) is 4.18. The molecular formula is C25H31FO. The van der Waals surface area contributed by atoms with Crippen LogP contribution in [0.4, 0.5) is 4.39 Å². The summed E-state index contributed by atoms with van der Waals surface area (Å²) < 4.78 is 20.0. The van der Waals surface area contributed by atoms with Crippen molar-refractivity contribution in [2.75, 3.05) is 6.61 Å². The van der Waals surface area contributed by atoms with Crippen LogP contribution in [0.25, 0.3) is 11.1 Å². The molecule has 1 saturated heterocycles. The van der Waals surface area contributed by atoms with Crippen molar-refractivity contribution in [1.82, 2.24) is 0 Å². The summed E-state index contributed by atoms with van der Waals surface area (Å²) >= 11 is 0. The van der Waals surface area contributed by atoms with E-state index in [1.807, 2.05) is 12.1 Å². The SMILES string of the molecule is Cc1ccc(-c2ccc(C3CCC(C4CCC(C)CO4)CC3)cc2)cc1F. The summed E-state index contributed by atoms with van der Waals surface area (Å²) in [5.74, 6) is 2.02. The van der Waals surface area contributed by atoms with Crippen LogP contribution < -0.4 is 0 Å². The van der Waals surface area contributed by atoms with E-state index in [1.54, 1.807) is 13.0 Å². The minimum absolute atomic E-state index is 0.130.